The summed E-state index contributed by atoms with van der Waals surface area (Å²) in [4.78, 5) is 4.34. The number of halogens is 1. The molecule has 2 N–H and O–H groups in total. The van der Waals surface area contributed by atoms with Gasteiger partial charge in [-0.3, -0.25) is 0 Å². The highest BCUT2D eigenvalue weighted by atomic mass is 19.1. The van der Waals surface area contributed by atoms with Gasteiger partial charge in [-0.25, -0.2) is 9.37 Å². The zero-order chi connectivity index (χ0) is 13.4. The predicted octanol–water partition coefficient (Wildman–Crippen LogP) is 3.11. The average molecular weight is 255 g/mol. The number of imidazole rings is 1. The van der Waals surface area contributed by atoms with E-state index in [1.165, 1.54) is 12.1 Å². The van der Waals surface area contributed by atoms with Crippen LogP contribution in [0.3, 0.4) is 0 Å². The van der Waals surface area contributed by atoms with Gasteiger partial charge in [0.25, 0.3) is 0 Å². The van der Waals surface area contributed by atoms with Crippen molar-refractivity contribution in [3.63, 3.8) is 0 Å². The molecule has 0 fully saturated rings. The van der Waals surface area contributed by atoms with Crippen molar-refractivity contribution in [2.75, 3.05) is 5.73 Å². The van der Waals surface area contributed by atoms with Crippen molar-refractivity contribution >= 4 is 17.0 Å². The molecule has 3 nitrogen and oxygen atoms in total. The van der Waals surface area contributed by atoms with Crippen LogP contribution in [0.2, 0.25) is 0 Å². The van der Waals surface area contributed by atoms with Crippen molar-refractivity contribution in [2.45, 2.75) is 13.5 Å². The maximum Gasteiger partial charge on any atom is 0.201 e. The molecule has 3 rings (SSSR count). The first-order valence-electron chi connectivity index (χ1n) is 6.10. The highest BCUT2D eigenvalue weighted by molar-refractivity contribution is 5.79. The Hall–Kier alpha value is -2.36. The number of hydrogen-bond acceptors (Lipinski definition) is 2. The van der Waals surface area contributed by atoms with E-state index >= 15 is 0 Å². The van der Waals surface area contributed by atoms with Crippen LogP contribution in [0.1, 0.15) is 11.1 Å². The lowest BCUT2D eigenvalue weighted by Gasteiger charge is -2.07. The Morgan fingerprint density at radius 3 is 2.84 bits per heavy atom. The summed E-state index contributed by atoms with van der Waals surface area (Å²) >= 11 is 0. The SMILES string of the molecule is Cc1ccc2c(c1)nc(N)n2Cc1cccc(F)c1. The largest absolute Gasteiger partial charge is 0.369 e. The van der Waals surface area contributed by atoms with Crippen LogP contribution in [-0.4, -0.2) is 9.55 Å². The maximum atomic E-state index is 13.2. The fourth-order valence-corrected chi connectivity index (χ4v) is 2.24. The predicted molar refractivity (Wildman–Crippen MR) is 74.4 cm³/mol. The Morgan fingerprint density at radius 1 is 1.21 bits per heavy atom. The number of nitrogens with zero attached hydrogens (tertiary/aromatic N) is 2. The van der Waals surface area contributed by atoms with Gasteiger partial charge in [0.15, 0.2) is 0 Å². The molecule has 0 amide bonds. The lowest BCUT2D eigenvalue weighted by Crippen LogP contribution is -2.04. The molecular weight excluding hydrogens is 241 g/mol. The first kappa shape index (κ1) is 11.7. The molecule has 0 atom stereocenters. The van der Waals surface area contributed by atoms with Gasteiger partial charge < -0.3 is 10.3 Å². The zero-order valence-corrected chi connectivity index (χ0v) is 10.6. The fraction of sp³-hybridized carbons (Fsp3) is 0.133. The molecule has 0 bridgehead atoms. The van der Waals surface area contributed by atoms with Gasteiger partial charge in [0.2, 0.25) is 5.95 Å². The molecule has 1 heterocycles. The molecule has 1 aromatic heterocycles. The lowest BCUT2D eigenvalue weighted by atomic mass is 10.2. The number of aromatic nitrogens is 2. The molecule has 4 heteroatoms. The van der Waals surface area contributed by atoms with Crippen LogP contribution >= 0.6 is 0 Å². The minimum absolute atomic E-state index is 0.240. The Labute approximate surface area is 110 Å². The van der Waals surface area contributed by atoms with Gasteiger partial charge in [-0.1, -0.05) is 18.2 Å². The number of aryl methyl sites for hydroxylation is 1. The van der Waals surface area contributed by atoms with E-state index in [0.717, 1.165) is 22.2 Å². The van der Waals surface area contributed by atoms with Gasteiger partial charge >= 0.3 is 0 Å². The van der Waals surface area contributed by atoms with E-state index in [1.54, 1.807) is 6.07 Å². The molecule has 2 aromatic carbocycles. The van der Waals surface area contributed by atoms with Crippen LogP contribution in [0.5, 0.6) is 0 Å². The molecule has 3 aromatic rings. The number of anilines is 1. The van der Waals surface area contributed by atoms with Crippen LogP contribution in [0, 0.1) is 12.7 Å². The third-order valence-electron chi connectivity index (χ3n) is 3.16. The summed E-state index contributed by atoms with van der Waals surface area (Å²) in [6, 6.07) is 12.5. The van der Waals surface area contributed by atoms with Crippen molar-refractivity contribution in [1.29, 1.82) is 0 Å². The summed E-state index contributed by atoms with van der Waals surface area (Å²) in [6.45, 7) is 2.53. The second kappa shape index (κ2) is 4.39. The first-order chi connectivity index (χ1) is 9.13. The quantitative estimate of drug-likeness (QED) is 0.764. The van der Waals surface area contributed by atoms with E-state index in [2.05, 4.69) is 4.98 Å². The number of rotatable bonds is 2. The number of nitrogens with two attached hydrogens (primary N) is 1. The van der Waals surface area contributed by atoms with Crippen LogP contribution in [0.4, 0.5) is 10.3 Å². The third-order valence-corrected chi connectivity index (χ3v) is 3.16. The minimum Gasteiger partial charge on any atom is -0.369 e. The second-order valence-corrected chi connectivity index (χ2v) is 4.68. The molecule has 96 valence electrons. The molecule has 0 unspecified atom stereocenters. The summed E-state index contributed by atoms with van der Waals surface area (Å²) in [5, 5.41) is 0. The molecule has 0 aliphatic rings. The van der Waals surface area contributed by atoms with Crippen molar-refractivity contribution in [3.8, 4) is 0 Å². The standard InChI is InChI=1S/C15H14FN3/c1-10-5-6-14-13(7-10)18-15(17)19(14)9-11-3-2-4-12(16)8-11/h2-8H,9H2,1H3,(H2,17,18). The third kappa shape index (κ3) is 2.17. The number of benzene rings is 2. The lowest BCUT2D eigenvalue weighted by molar-refractivity contribution is 0.624. The molecule has 0 spiro atoms. The van der Waals surface area contributed by atoms with E-state index < -0.39 is 0 Å². The molecule has 0 aliphatic carbocycles. The van der Waals surface area contributed by atoms with Crippen molar-refractivity contribution in [3.05, 3.63) is 59.4 Å². The Bertz CT molecular complexity index is 746. The van der Waals surface area contributed by atoms with Crippen molar-refractivity contribution in [1.82, 2.24) is 9.55 Å². The molecule has 0 radical (unpaired) electrons. The summed E-state index contributed by atoms with van der Waals surface area (Å²) in [5.74, 6) is 0.209. The summed E-state index contributed by atoms with van der Waals surface area (Å²) in [7, 11) is 0. The molecule has 0 saturated heterocycles. The molecule has 19 heavy (non-hydrogen) atoms. The monoisotopic (exact) mass is 255 g/mol. The van der Waals surface area contributed by atoms with Crippen LogP contribution < -0.4 is 5.73 Å². The molecule has 0 aliphatic heterocycles. The highest BCUT2D eigenvalue weighted by Crippen LogP contribution is 2.20. The smallest absolute Gasteiger partial charge is 0.201 e. The summed E-state index contributed by atoms with van der Waals surface area (Å²) < 4.78 is 15.1. The van der Waals surface area contributed by atoms with Gasteiger partial charge in [-0.05, 0) is 42.3 Å². The van der Waals surface area contributed by atoms with Gasteiger partial charge in [-0.2, -0.15) is 0 Å². The normalized spacial score (nSPS) is 11.1. The highest BCUT2D eigenvalue weighted by Gasteiger charge is 2.08. The minimum atomic E-state index is -0.240. The van der Waals surface area contributed by atoms with E-state index in [4.69, 9.17) is 5.73 Å². The van der Waals surface area contributed by atoms with Crippen LogP contribution in [-0.2, 0) is 6.54 Å². The number of fused-ring (bicyclic) bond motifs is 1. The Balaban J connectivity index is 2.07. The average Bonchev–Trinajstić information content (AvgIpc) is 2.65. The van der Waals surface area contributed by atoms with Crippen molar-refractivity contribution in [2.24, 2.45) is 0 Å². The van der Waals surface area contributed by atoms with Gasteiger partial charge in [0.05, 0.1) is 17.6 Å². The van der Waals surface area contributed by atoms with Gasteiger partial charge in [0, 0.05) is 0 Å². The van der Waals surface area contributed by atoms with Crippen LogP contribution in [0.25, 0.3) is 11.0 Å². The summed E-state index contributed by atoms with van der Waals surface area (Å²) in [5.41, 5.74) is 9.79. The fourth-order valence-electron chi connectivity index (χ4n) is 2.24. The van der Waals surface area contributed by atoms with Gasteiger partial charge in [-0.15, -0.1) is 0 Å². The van der Waals surface area contributed by atoms with Crippen molar-refractivity contribution < 1.29 is 4.39 Å². The number of hydrogen-bond donors (Lipinski definition) is 1. The Kier molecular flexibility index (Phi) is 2.71. The molecular formula is C15H14FN3. The zero-order valence-electron chi connectivity index (χ0n) is 10.6. The maximum absolute atomic E-state index is 13.2. The first-order valence-corrected chi connectivity index (χ1v) is 6.10. The second-order valence-electron chi connectivity index (χ2n) is 4.68. The van der Waals surface area contributed by atoms with E-state index in [-0.39, 0.29) is 5.82 Å². The summed E-state index contributed by atoms with van der Waals surface area (Å²) in [6.07, 6.45) is 0. The van der Waals surface area contributed by atoms with Crippen LogP contribution in [0.15, 0.2) is 42.5 Å². The van der Waals surface area contributed by atoms with Gasteiger partial charge in [0.1, 0.15) is 5.82 Å². The number of nitrogen functional groups attached to an aromatic ring is 1. The molecule has 0 saturated carbocycles. The topological polar surface area (TPSA) is 43.8 Å². The van der Waals surface area contributed by atoms with E-state index in [1.807, 2.05) is 35.8 Å². The van der Waals surface area contributed by atoms with E-state index in [9.17, 15) is 4.39 Å². The Morgan fingerprint density at radius 2 is 2.05 bits per heavy atom. The van der Waals surface area contributed by atoms with E-state index in [0.29, 0.717) is 12.5 Å².